The van der Waals surface area contributed by atoms with Crippen molar-refractivity contribution in [2.24, 2.45) is 0 Å². The van der Waals surface area contributed by atoms with E-state index in [4.69, 9.17) is 14.0 Å². The van der Waals surface area contributed by atoms with E-state index in [0.29, 0.717) is 6.42 Å². The fourth-order valence-electron chi connectivity index (χ4n) is 6.45. The first-order valence-corrected chi connectivity index (χ1v) is 22.1. The summed E-state index contributed by atoms with van der Waals surface area (Å²) >= 11 is 0. The third kappa shape index (κ3) is 25.4. The summed E-state index contributed by atoms with van der Waals surface area (Å²) in [5.74, 6) is -0.271. The highest BCUT2D eigenvalue weighted by atomic mass is 32.3. The molecule has 1 heterocycles. The summed E-state index contributed by atoms with van der Waals surface area (Å²) in [7, 11) is -5.08. The van der Waals surface area contributed by atoms with Crippen LogP contribution in [0, 0.1) is 0 Å². The molecule has 0 aromatic rings. The van der Waals surface area contributed by atoms with Gasteiger partial charge >= 0.3 is 10.4 Å². The molecule has 1 aliphatic heterocycles. The Morgan fingerprint density at radius 3 is 1.70 bits per heavy atom. The number of unbranched alkanes of at least 4 members (excludes halogenated alkanes) is 20. The van der Waals surface area contributed by atoms with Gasteiger partial charge in [-0.2, -0.15) is 8.42 Å². The van der Waals surface area contributed by atoms with E-state index < -0.39 is 59.9 Å². The van der Waals surface area contributed by atoms with Gasteiger partial charge in [0.05, 0.1) is 25.4 Å². The lowest BCUT2D eigenvalue weighted by Crippen LogP contribution is -2.61. The molecule has 0 saturated carbocycles. The number of carbonyl (C=O) groups is 1. The normalized spacial score (nSPS) is 22.1. The molecule has 0 aromatic carbocycles. The van der Waals surface area contributed by atoms with E-state index in [0.717, 1.165) is 51.4 Å². The van der Waals surface area contributed by atoms with Crippen LogP contribution < -0.4 is 5.32 Å². The van der Waals surface area contributed by atoms with Crippen LogP contribution >= 0.6 is 0 Å². The van der Waals surface area contributed by atoms with Crippen molar-refractivity contribution in [3.8, 4) is 0 Å². The molecule has 7 unspecified atom stereocenters. The van der Waals surface area contributed by atoms with E-state index >= 15 is 0 Å². The van der Waals surface area contributed by atoms with Crippen LogP contribution in [0.4, 0.5) is 0 Å². The zero-order valence-electron chi connectivity index (χ0n) is 32.8. The lowest BCUT2D eigenvalue weighted by molar-refractivity contribution is -0.298. The first-order chi connectivity index (χ1) is 25.5. The molecule has 12 nitrogen and oxygen atoms in total. The van der Waals surface area contributed by atoms with Crippen molar-refractivity contribution in [3.05, 3.63) is 24.3 Å². The molecule has 312 valence electrons. The average Bonchev–Trinajstić information content (AvgIpc) is 3.12. The minimum atomic E-state index is -5.08. The number of hydrogen-bond donors (Lipinski definition) is 6. The van der Waals surface area contributed by atoms with E-state index in [-0.39, 0.29) is 18.9 Å². The molecule has 0 aromatic heterocycles. The standard InChI is InChI=1S/C40H75NO11S/c1-3-5-7-9-11-13-14-15-16-17-18-19-20-22-24-26-28-30-36(44)41-33(34(43)29-27-25-23-21-12-10-8-6-4-2)32-50-40-38(46)39(52-53(47,48)49)37(45)35(31-42)51-40/h15-16,27,29,33-35,37-40,42-43,45-46H,3-14,17-26,28,30-32H2,1-2H3,(H,41,44)(H,47,48,49)/b16-15-,29-27+. The Labute approximate surface area is 321 Å². The van der Waals surface area contributed by atoms with E-state index in [1.165, 1.54) is 89.9 Å². The van der Waals surface area contributed by atoms with Crippen molar-refractivity contribution in [2.45, 2.75) is 211 Å². The Morgan fingerprint density at radius 2 is 1.21 bits per heavy atom. The summed E-state index contributed by atoms with van der Waals surface area (Å²) in [4.78, 5) is 12.9. The number of ether oxygens (including phenoxy) is 2. The summed E-state index contributed by atoms with van der Waals surface area (Å²) in [6.07, 6.45) is 25.2. The molecule has 1 aliphatic rings. The molecule has 0 aliphatic carbocycles. The van der Waals surface area contributed by atoms with Crippen LogP contribution in [0.3, 0.4) is 0 Å². The fourth-order valence-corrected chi connectivity index (χ4v) is 6.96. The van der Waals surface area contributed by atoms with Gasteiger partial charge in [0, 0.05) is 6.42 Å². The monoisotopic (exact) mass is 778 g/mol. The Kier molecular flexibility index (Phi) is 29.7. The third-order valence-corrected chi connectivity index (χ3v) is 10.2. The predicted molar refractivity (Wildman–Crippen MR) is 209 cm³/mol. The van der Waals surface area contributed by atoms with Gasteiger partial charge in [-0.15, -0.1) is 0 Å². The molecule has 7 atom stereocenters. The third-order valence-electron chi connectivity index (χ3n) is 9.73. The van der Waals surface area contributed by atoms with E-state index in [9.17, 15) is 33.6 Å². The summed E-state index contributed by atoms with van der Waals surface area (Å²) < 4.78 is 47.3. The minimum absolute atomic E-state index is 0.264. The molecule has 1 saturated heterocycles. The van der Waals surface area contributed by atoms with Gasteiger partial charge in [0.25, 0.3) is 0 Å². The van der Waals surface area contributed by atoms with Crippen LogP contribution in [0.15, 0.2) is 24.3 Å². The van der Waals surface area contributed by atoms with Gasteiger partial charge in [-0.25, -0.2) is 4.18 Å². The van der Waals surface area contributed by atoms with Gasteiger partial charge < -0.3 is 35.2 Å². The van der Waals surface area contributed by atoms with Crippen LogP contribution in [0.2, 0.25) is 0 Å². The summed E-state index contributed by atoms with van der Waals surface area (Å²) in [5.41, 5.74) is 0. The second kappa shape index (κ2) is 31.7. The van der Waals surface area contributed by atoms with Crippen molar-refractivity contribution in [1.29, 1.82) is 0 Å². The van der Waals surface area contributed by atoms with Gasteiger partial charge in [-0.1, -0.05) is 141 Å². The van der Waals surface area contributed by atoms with Gasteiger partial charge in [0.2, 0.25) is 5.91 Å². The van der Waals surface area contributed by atoms with E-state index in [2.05, 4.69) is 35.5 Å². The van der Waals surface area contributed by atoms with Crippen LogP contribution in [0.1, 0.15) is 168 Å². The lowest BCUT2D eigenvalue weighted by atomic mass is 9.99. The van der Waals surface area contributed by atoms with Gasteiger partial charge in [-0.3, -0.25) is 9.35 Å². The maximum atomic E-state index is 12.9. The summed E-state index contributed by atoms with van der Waals surface area (Å²) in [5, 5.41) is 44.4. The fraction of sp³-hybridized carbons (Fsp3) is 0.875. The number of nitrogens with one attached hydrogen (secondary N) is 1. The highest BCUT2D eigenvalue weighted by Crippen LogP contribution is 2.26. The largest absolute Gasteiger partial charge is 0.397 e. The zero-order valence-corrected chi connectivity index (χ0v) is 33.6. The van der Waals surface area contributed by atoms with Crippen molar-refractivity contribution in [2.75, 3.05) is 13.2 Å². The summed E-state index contributed by atoms with van der Waals surface area (Å²) in [6, 6.07) is -0.941. The first kappa shape index (κ1) is 49.6. The number of hydrogen-bond acceptors (Lipinski definition) is 10. The minimum Gasteiger partial charge on any atom is -0.394 e. The predicted octanol–water partition coefficient (Wildman–Crippen LogP) is 6.99. The second-order valence-corrected chi connectivity index (χ2v) is 15.6. The maximum Gasteiger partial charge on any atom is 0.397 e. The Hall–Kier alpha value is -1.42. The maximum absolute atomic E-state index is 12.9. The summed E-state index contributed by atoms with van der Waals surface area (Å²) in [6.45, 7) is 3.32. The molecule has 6 N–H and O–H groups in total. The number of allylic oxidation sites excluding steroid dienone is 3. The lowest BCUT2D eigenvalue weighted by Gasteiger charge is -2.41. The molecule has 1 fully saturated rings. The molecule has 1 rings (SSSR count). The molecule has 13 heteroatoms. The van der Waals surface area contributed by atoms with Crippen molar-refractivity contribution >= 4 is 16.3 Å². The molecular weight excluding hydrogens is 703 g/mol. The van der Waals surface area contributed by atoms with Crippen LogP contribution in [-0.4, -0.2) is 95.4 Å². The Morgan fingerprint density at radius 1 is 0.736 bits per heavy atom. The second-order valence-electron chi connectivity index (χ2n) is 14.6. The number of amides is 1. The number of carbonyl (C=O) groups excluding carboxylic acids is 1. The molecular formula is C40H75NO11S. The molecule has 0 bridgehead atoms. The number of aliphatic hydroxyl groups is 4. The Bertz CT molecular complexity index is 1060. The SMILES string of the molecule is CCCCCCCC/C=C\CCCCCCCCCC(=O)NC(COC1OC(CO)C(O)C(OS(=O)(=O)O)C1O)C(O)/C=C/CCCCCCCCC. The highest BCUT2D eigenvalue weighted by molar-refractivity contribution is 7.80. The number of aliphatic hydroxyl groups excluding tert-OH is 4. The van der Waals surface area contributed by atoms with Crippen molar-refractivity contribution in [1.82, 2.24) is 5.32 Å². The van der Waals surface area contributed by atoms with Gasteiger partial charge in [-0.05, 0) is 44.9 Å². The Balaban J connectivity index is 2.54. The van der Waals surface area contributed by atoms with Crippen molar-refractivity contribution in [3.63, 3.8) is 0 Å². The van der Waals surface area contributed by atoms with Gasteiger partial charge in [0.1, 0.15) is 24.4 Å². The van der Waals surface area contributed by atoms with E-state index in [1.54, 1.807) is 6.08 Å². The highest BCUT2D eigenvalue weighted by Gasteiger charge is 2.48. The molecule has 0 spiro atoms. The van der Waals surface area contributed by atoms with Crippen molar-refractivity contribution < 1.29 is 51.8 Å². The van der Waals surface area contributed by atoms with Crippen LogP contribution in [0.25, 0.3) is 0 Å². The quantitative estimate of drug-likeness (QED) is 0.0224. The topological polar surface area (TPSA) is 192 Å². The molecule has 0 radical (unpaired) electrons. The zero-order chi connectivity index (χ0) is 39.2. The average molecular weight is 778 g/mol. The van der Waals surface area contributed by atoms with Crippen LogP contribution in [0.5, 0.6) is 0 Å². The molecule has 53 heavy (non-hydrogen) atoms. The van der Waals surface area contributed by atoms with Gasteiger partial charge in [0.15, 0.2) is 6.29 Å². The smallest absolute Gasteiger partial charge is 0.394 e. The molecule has 1 amide bonds. The first-order valence-electron chi connectivity index (χ1n) is 20.7. The number of rotatable bonds is 34. The van der Waals surface area contributed by atoms with E-state index in [1.807, 2.05) is 6.08 Å². The van der Waals surface area contributed by atoms with Crippen LogP contribution in [-0.2, 0) is 28.9 Å².